The van der Waals surface area contributed by atoms with Crippen molar-refractivity contribution in [3.05, 3.63) is 24.8 Å². The Bertz CT molecular complexity index is 303. The third-order valence-corrected chi connectivity index (χ3v) is 2.14. The summed E-state index contributed by atoms with van der Waals surface area (Å²) in [6.45, 7) is 7.97. The van der Waals surface area contributed by atoms with Crippen LogP contribution in [0, 0.1) is 0 Å². The maximum atomic E-state index is 10.9. The van der Waals surface area contributed by atoms with Crippen molar-refractivity contribution in [2.24, 2.45) is 0 Å². The predicted octanol–water partition coefficient (Wildman–Crippen LogP) is 0.195. The van der Waals surface area contributed by atoms with E-state index < -0.39 is 15.9 Å². The number of sulfonamides is 1. The normalized spacial score (nSPS) is 10.4. The Hall–Kier alpha value is -1.10. The molecule has 0 bridgehead atoms. The molecule has 0 aliphatic rings. The Kier molecular flexibility index (Phi) is 3.69. The van der Waals surface area contributed by atoms with E-state index in [1.807, 2.05) is 4.72 Å². The molecule has 0 aromatic carbocycles. The lowest BCUT2D eigenvalue weighted by Crippen LogP contribution is -2.32. The van der Waals surface area contributed by atoms with E-state index in [2.05, 4.69) is 13.2 Å². The van der Waals surface area contributed by atoms with E-state index >= 15 is 0 Å². The maximum Gasteiger partial charge on any atom is 0.259 e. The van der Waals surface area contributed by atoms with E-state index in [9.17, 15) is 13.2 Å². The summed E-state index contributed by atoms with van der Waals surface area (Å²) in [6, 6.07) is 0. The molecule has 0 spiro atoms. The molecule has 0 radical (unpaired) electrons. The summed E-state index contributed by atoms with van der Waals surface area (Å²) in [5, 5.41) is 0. The molecule has 12 heavy (non-hydrogen) atoms. The first-order valence-electron chi connectivity index (χ1n) is 3.20. The van der Waals surface area contributed by atoms with Gasteiger partial charge in [0.05, 0.1) is 5.75 Å². The van der Waals surface area contributed by atoms with E-state index in [-0.39, 0.29) is 11.3 Å². The van der Waals surface area contributed by atoms with Crippen molar-refractivity contribution >= 4 is 15.9 Å². The zero-order chi connectivity index (χ0) is 9.78. The minimum absolute atomic E-state index is 0.155. The van der Waals surface area contributed by atoms with E-state index in [0.717, 1.165) is 0 Å². The van der Waals surface area contributed by atoms with Crippen LogP contribution in [0.1, 0.15) is 6.92 Å². The average Bonchev–Trinajstić information content (AvgIpc) is 1.85. The Morgan fingerprint density at radius 1 is 1.58 bits per heavy atom. The molecule has 0 saturated carbocycles. The van der Waals surface area contributed by atoms with Gasteiger partial charge >= 0.3 is 0 Å². The summed E-state index contributed by atoms with van der Waals surface area (Å²) < 4.78 is 23.6. The summed E-state index contributed by atoms with van der Waals surface area (Å²) in [4.78, 5) is 10.8. The predicted molar refractivity (Wildman–Crippen MR) is 46.9 cm³/mol. The molecule has 0 saturated heterocycles. The molecule has 0 aliphatic heterocycles. The minimum Gasteiger partial charge on any atom is -0.269 e. The molecule has 4 nitrogen and oxygen atoms in total. The zero-order valence-electron chi connectivity index (χ0n) is 6.83. The van der Waals surface area contributed by atoms with Gasteiger partial charge in [-0.3, -0.25) is 4.79 Å². The van der Waals surface area contributed by atoms with Gasteiger partial charge in [0.1, 0.15) is 0 Å². The lowest BCUT2D eigenvalue weighted by molar-refractivity contribution is -0.115. The van der Waals surface area contributed by atoms with Gasteiger partial charge in [-0.25, -0.2) is 13.1 Å². The average molecular weight is 189 g/mol. The molecule has 0 unspecified atom stereocenters. The van der Waals surface area contributed by atoms with Crippen molar-refractivity contribution in [3.63, 3.8) is 0 Å². The number of carbonyl (C=O) groups is 1. The van der Waals surface area contributed by atoms with Gasteiger partial charge in [-0.15, -0.1) is 6.58 Å². The van der Waals surface area contributed by atoms with E-state index in [1.165, 1.54) is 13.0 Å². The SMILES string of the molecule is C=CCS(=O)(=O)NC(=O)C(=C)C. The van der Waals surface area contributed by atoms with Crippen LogP contribution in [0.15, 0.2) is 24.8 Å². The fourth-order valence-electron chi connectivity index (χ4n) is 0.425. The van der Waals surface area contributed by atoms with Crippen LogP contribution in [0.5, 0.6) is 0 Å². The van der Waals surface area contributed by atoms with Crippen molar-refractivity contribution in [3.8, 4) is 0 Å². The van der Waals surface area contributed by atoms with Crippen LogP contribution in [0.4, 0.5) is 0 Å². The number of hydrogen-bond donors (Lipinski definition) is 1. The molecule has 0 aliphatic carbocycles. The van der Waals surface area contributed by atoms with Crippen molar-refractivity contribution in [2.75, 3.05) is 5.75 Å². The molecule has 5 heteroatoms. The van der Waals surface area contributed by atoms with Crippen molar-refractivity contribution in [1.82, 2.24) is 4.72 Å². The summed E-state index contributed by atoms with van der Waals surface area (Å²) in [6.07, 6.45) is 1.20. The summed E-state index contributed by atoms with van der Waals surface area (Å²) in [5.74, 6) is -0.955. The van der Waals surface area contributed by atoms with Crippen LogP contribution in [0.25, 0.3) is 0 Å². The zero-order valence-corrected chi connectivity index (χ0v) is 7.65. The lowest BCUT2D eigenvalue weighted by atomic mass is 10.3. The Balaban J connectivity index is 4.36. The second-order valence-electron chi connectivity index (χ2n) is 2.28. The van der Waals surface area contributed by atoms with Crippen LogP contribution in [0.2, 0.25) is 0 Å². The van der Waals surface area contributed by atoms with E-state index in [4.69, 9.17) is 0 Å². The van der Waals surface area contributed by atoms with E-state index in [0.29, 0.717) is 0 Å². The summed E-state index contributed by atoms with van der Waals surface area (Å²) in [7, 11) is -3.55. The number of nitrogens with one attached hydrogen (secondary N) is 1. The Morgan fingerprint density at radius 3 is 2.42 bits per heavy atom. The molecule has 68 valence electrons. The van der Waals surface area contributed by atoms with Crippen LogP contribution in [0.3, 0.4) is 0 Å². The number of carbonyl (C=O) groups excluding carboxylic acids is 1. The highest BCUT2D eigenvalue weighted by atomic mass is 32.2. The summed E-state index contributed by atoms with van der Waals surface area (Å²) in [5.41, 5.74) is 0.155. The van der Waals surface area contributed by atoms with Gasteiger partial charge in [0, 0.05) is 5.57 Å². The van der Waals surface area contributed by atoms with Crippen LogP contribution >= 0.6 is 0 Å². The Morgan fingerprint density at radius 2 is 2.08 bits per heavy atom. The first kappa shape index (κ1) is 10.9. The molecule has 0 aromatic rings. The molecule has 0 aromatic heterocycles. The van der Waals surface area contributed by atoms with Crippen molar-refractivity contribution in [2.45, 2.75) is 6.92 Å². The van der Waals surface area contributed by atoms with Gasteiger partial charge in [0.25, 0.3) is 5.91 Å². The molecular formula is C7H11NO3S. The third kappa shape index (κ3) is 3.92. The highest BCUT2D eigenvalue weighted by Gasteiger charge is 2.12. The van der Waals surface area contributed by atoms with Crippen LogP contribution < -0.4 is 4.72 Å². The molecular weight excluding hydrogens is 178 g/mol. The monoisotopic (exact) mass is 189 g/mol. The first-order valence-corrected chi connectivity index (χ1v) is 4.85. The quantitative estimate of drug-likeness (QED) is 0.507. The maximum absolute atomic E-state index is 10.9. The molecule has 0 heterocycles. The van der Waals surface area contributed by atoms with Crippen molar-refractivity contribution < 1.29 is 13.2 Å². The number of amides is 1. The summed E-state index contributed by atoms with van der Waals surface area (Å²) >= 11 is 0. The van der Waals surface area contributed by atoms with Gasteiger partial charge in [-0.2, -0.15) is 0 Å². The van der Waals surface area contributed by atoms with Gasteiger partial charge in [0.15, 0.2) is 0 Å². The molecule has 1 N–H and O–H groups in total. The topological polar surface area (TPSA) is 63.2 Å². The largest absolute Gasteiger partial charge is 0.269 e. The highest BCUT2D eigenvalue weighted by molar-refractivity contribution is 7.90. The molecule has 0 fully saturated rings. The number of hydrogen-bond acceptors (Lipinski definition) is 3. The first-order chi connectivity index (χ1) is 5.39. The second-order valence-corrected chi connectivity index (χ2v) is 4.05. The molecule has 0 atom stereocenters. The lowest BCUT2D eigenvalue weighted by Gasteiger charge is -2.02. The second kappa shape index (κ2) is 4.06. The highest BCUT2D eigenvalue weighted by Crippen LogP contribution is 1.90. The smallest absolute Gasteiger partial charge is 0.259 e. The van der Waals surface area contributed by atoms with Crippen LogP contribution in [-0.4, -0.2) is 20.1 Å². The van der Waals surface area contributed by atoms with Gasteiger partial charge in [-0.1, -0.05) is 12.7 Å². The number of rotatable bonds is 4. The minimum atomic E-state index is -3.55. The van der Waals surface area contributed by atoms with Gasteiger partial charge in [-0.05, 0) is 6.92 Å². The molecule has 0 rings (SSSR count). The van der Waals surface area contributed by atoms with Crippen molar-refractivity contribution in [1.29, 1.82) is 0 Å². The Labute approximate surface area is 72.0 Å². The standard InChI is InChI=1S/C7H11NO3S/c1-4-5-12(10,11)8-7(9)6(2)3/h4H,1-2,5H2,3H3,(H,8,9). The fourth-order valence-corrected chi connectivity index (χ4v) is 1.28. The van der Waals surface area contributed by atoms with Gasteiger partial charge < -0.3 is 0 Å². The van der Waals surface area contributed by atoms with Crippen LogP contribution in [-0.2, 0) is 14.8 Å². The van der Waals surface area contributed by atoms with E-state index in [1.54, 1.807) is 0 Å². The third-order valence-electron chi connectivity index (χ3n) is 0.973. The fraction of sp³-hybridized carbons (Fsp3) is 0.286. The molecule has 1 amide bonds. The van der Waals surface area contributed by atoms with Gasteiger partial charge in [0.2, 0.25) is 10.0 Å².